The molecule has 2 amide bonds. The molecule has 0 fully saturated rings. The van der Waals surface area contributed by atoms with Crippen molar-refractivity contribution in [1.29, 1.82) is 0 Å². The quantitative estimate of drug-likeness (QED) is 0.127. The topological polar surface area (TPSA) is 107 Å². The summed E-state index contributed by atoms with van der Waals surface area (Å²) in [7, 11) is 0. The van der Waals surface area contributed by atoms with Crippen molar-refractivity contribution < 1.29 is 33.4 Å². The summed E-state index contributed by atoms with van der Waals surface area (Å²) >= 11 is 0. The van der Waals surface area contributed by atoms with Gasteiger partial charge in [-0.25, -0.2) is 14.5 Å². The standard InChI is InChI=1S/C33H25NO7/c1-19-5-8-23(9-6-19)33(39)41-25-13-10-22(11-14-25)29(35)18-40-32(38)24-12-15-26-27(17-24)31(37)34(30(26)36)28-16-20(2)4-7-21(28)3/h4-17H,18H2,1-3H3. The van der Waals surface area contributed by atoms with Gasteiger partial charge in [0.15, 0.2) is 12.4 Å². The number of fused-ring (bicyclic) bond motifs is 1. The molecule has 4 aromatic rings. The van der Waals surface area contributed by atoms with Crippen molar-refractivity contribution in [1.82, 2.24) is 0 Å². The lowest BCUT2D eigenvalue weighted by atomic mass is 10.1. The molecular weight excluding hydrogens is 522 g/mol. The van der Waals surface area contributed by atoms with Gasteiger partial charge in [0.1, 0.15) is 5.75 Å². The minimum absolute atomic E-state index is 0.0406. The van der Waals surface area contributed by atoms with E-state index in [1.165, 1.54) is 42.5 Å². The van der Waals surface area contributed by atoms with Crippen molar-refractivity contribution in [3.05, 3.63) is 129 Å². The first-order chi connectivity index (χ1) is 19.6. The fraction of sp³-hybridized carbons (Fsp3) is 0.121. The molecule has 8 heteroatoms. The number of aryl methyl sites for hydroxylation is 3. The Bertz CT molecular complexity index is 1720. The smallest absolute Gasteiger partial charge is 0.343 e. The van der Waals surface area contributed by atoms with Gasteiger partial charge in [-0.3, -0.25) is 14.4 Å². The Hall–Kier alpha value is -5.37. The number of nitrogens with zero attached hydrogens (tertiary/aromatic N) is 1. The number of hydrogen-bond acceptors (Lipinski definition) is 7. The Balaban J connectivity index is 1.22. The fourth-order valence-corrected chi connectivity index (χ4v) is 4.41. The highest BCUT2D eigenvalue weighted by molar-refractivity contribution is 6.35. The number of carbonyl (C=O) groups excluding carboxylic acids is 5. The molecule has 0 saturated carbocycles. The van der Waals surface area contributed by atoms with Gasteiger partial charge in [0.2, 0.25) is 0 Å². The molecule has 1 heterocycles. The van der Waals surface area contributed by atoms with Gasteiger partial charge in [0.05, 0.1) is 27.9 Å². The lowest BCUT2D eigenvalue weighted by Gasteiger charge is -2.17. The molecule has 0 atom stereocenters. The minimum atomic E-state index is -0.810. The Kier molecular flexibility index (Phi) is 7.31. The zero-order valence-electron chi connectivity index (χ0n) is 22.6. The van der Waals surface area contributed by atoms with Gasteiger partial charge in [0, 0.05) is 5.56 Å². The first-order valence-corrected chi connectivity index (χ1v) is 12.8. The molecule has 0 aliphatic carbocycles. The molecule has 0 saturated heterocycles. The number of amides is 2. The Morgan fingerprint density at radius 3 is 1.95 bits per heavy atom. The molecule has 0 spiro atoms. The fourth-order valence-electron chi connectivity index (χ4n) is 4.41. The third kappa shape index (κ3) is 5.53. The van der Waals surface area contributed by atoms with Gasteiger partial charge in [-0.1, -0.05) is 29.8 Å². The highest BCUT2D eigenvalue weighted by Crippen LogP contribution is 2.32. The van der Waals surface area contributed by atoms with E-state index in [0.29, 0.717) is 11.3 Å². The van der Waals surface area contributed by atoms with Crippen LogP contribution in [0.3, 0.4) is 0 Å². The number of anilines is 1. The van der Waals surface area contributed by atoms with E-state index in [-0.39, 0.29) is 28.0 Å². The lowest BCUT2D eigenvalue weighted by molar-refractivity contribution is 0.0474. The molecule has 0 aromatic heterocycles. The SMILES string of the molecule is Cc1ccc(C(=O)Oc2ccc(C(=O)COC(=O)c3ccc4c(c3)C(=O)N(c3cc(C)ccc3C)C4=O)cc2)cc1. The molecule has 8 nitrogen and oxygen atoms in total. The normalized spacial score (nSPS) is 12.2. The number of rotatable bonds is 7. The minimum Gasteiger partial charge on any atom is -0.454 e. The number of ether oxygens (including phenoxy) is 2. The second-order valence-electron chi connectivity index (χ2n) is 9.78. The zero-order chi connectivity index (χ0) is 29.3. The van der Waals surface area contributed by atoms with E-state index in [4.69, 9.17) is 9.47 Å². The first kappa shape index (κ1) is 27.2. The van der Waals surface area contributed by atoms with Gasteiger partial charge in [-0.2, -0.15) is 0 Å². The molecule has 0 N–H and O–H groups in total. The summed E-state index contributed by atoms with van der Waals surface area (Å²) in [6, 6.07) is 22.4. The summed E-state index contributed by atoms with van der Waals surface area (Å²) in [5.41, 5.74) is 4.14. The van der Waals surface area contributed by atoms with E-state index in [1.54, 1.807) is 30.3 Å². The van der Waals surface area contributed by atoms with Gasteiger partial charge in [-0.05, 0) is 92.6 Å². The number of imide groups is 1. The van der Waals surface area contributed by atoms with E-state index >= 15 is 0 Å². The zero-order valence-corrected chi connectivity index (χ0v) is 22.6. The highest BCUT2D eigenvalue weighted by Gasteiger charge is 2.38. The molecule has 0 radical (unpaired) electrons. The number of benzene rings is 4. The van der Waals surface area contributed by atoms with Gasteiger partial charge >= 0.3 is 11.9 Å². The van der Waals surface area contributed by atoms with E-state index in [2.05, 4.69) is 0 Å². The third-order valence-corrected chi connectivity index (χ3v) is 6.74. The Morgan fingerprint density at radius 2 is 1.24 bits per heavy atom. The number of carbonyl (C=O) groups is 5. The molecule has 5 rings (SSSR count). The largest absolute Gasteiger partial charge is 0.454 e. The van der Waals surface area contributed by atoms with E-state index in [1.807, 2.05) is 32.9 Å². The lowest BCUT2D eigenvalue weighted by Crippen LogP contribution is -2.30. The van der Waals surface area contributed by atoms with Crippen molar-refractivity contribution >= 4 is 35.2 Å². The van der Waals surface area contributed by atoms with Crippen LogP contribution in [-0.4, -0.2) is 36.1 Å². The maximum atomic E-state index is 13.2. The van der Waals surface area contributed by atoms with Crippen molar-refractivity contribution in [2.45, 2.75) is 20.8 Å². The summed E-state index contributed by atoms with van der Waals surface area (Å²) in [6.07, 6.45) is 0. The monoisotopic (exact) mass is 547 g/mol. The number of ketones is 1. The predicted molar refractivity (Wildman–Crippen MR) is 151 cm³/mol. The van der Waals surface area contributed by atoms with Gasteiger partial charge in [-0.15, -0.1) is 0 Å². The Morgan fingerprint density at radius 1 is 0.634 bits per heavy atom. The highest BCUT2D eigenvalue weighted by atomic mass is 16.5. The molecular formula is C33H25NO7. The maximum Gasteiger partial charge on any atom is 0.343 e. The Labute approximate surface area is 236 Å². The van der Waals surface area contributed by atoms with Crippen LogP contribution in [0.2, 0.25) is 0 Å². The van der Waals surface area contributed by atoms with Crippen LogP contribution in [0.15, 0.2) is 84.9 Å². The van der Waals surface area contributed by atoms with Crippen LogP contribution in [0, 0.1) is 20.8 Å². The summed E-state index contributed by atoms with van der Waals surface area (Å²) < 4.78 is 10.5. The van der Waals surface area contributed by atoms with Crippen LogP contribution < -0.4 is 9.64 Å². The molecule has 41 heavy (non-hydrogen) atoms. The van der Waals surface area contributed by atoms with Gasteiger partial charge < -0.3 is 9.47 Å². The van der Waals surface area contributed by atoms with Crippen molar-refractivity contribution in [3.63, 3.8) is 0 Å². The number of esters is 2. The maximum absolute atomic E-state index is 13.2. The van der Waals surface area contributed by atoms with Crippen LogP contribution in [0.1, 0.15) is 68.5 Å². The van der Waals surface area contributed by atoms with E-state index < -0.39 is 36.1 Å². The van der Waals surface area contributed by atoms with Crippen molar-refractivity contribution in [3.8, 4) is 5.75 Å². The molecule has 1 aliphatic rings. The summed E-state index contributed by atoms with van der Waals surface area (Å²) in [5.74, 6) is -2.55. The molecule has 4 aromatic carbocycles. The number of hydrogen-bond donors (Lipinski definition) is 0. The summed E-state index contributed by atoms with van der Waals surface area (Å²) in [5, 5.41) is 0. The van der Waals surface area contributed by atoms with E-state index in [0.717, 1.165) is 21.6 Å². The van der Waals surface area contributed by atoms with Gasteiger partial charge in [0.25, 0.3) is 11.8 Å². The second-order valence-corrected chi connectivity index (χ2v) is 9.78. The van der Waals surface area contributed by atoms with Crippen LogP contribution in [0.4, 0.5) is 5.69 Å². The van der Waals surface area contributed by atoms with Crippen molar-refractivity contribution in [2.75, 3.05) is 11.5 Å². The molecule has 0 unspecified atom stereocenters. The van der Waals surface area contributed by atoms with Crippen LogP contribution >= 0.6 is 0 Å². The molecule has 1 aliphatic heterocycles. The van der Waals surface area contributed by atoms with Crippen LogP contribution in [0.5, 0.6) is 5.75 Å². The molecule has 204 valence electrons. The first-order valence-electron chi connectivity index (χ1n) is 12.8. The third-order valence-electron chi connectivity index (χ3n) is 6.74. The van der Waals surface area contributed by atoms with Crippen LogP contribution in [0.25, 0.3) is 0 Å². The average molecular weight is 548 g/mol. The molecule has 0 bridgehead atoms. The van der Waals surface area contributed by atoms with E-state index in [9.17, 15) is 24.0 Å². The second kappa shape index (κ2) is 11.0. The summed E-state index contributed by atoms with van der Waals surface area (Å²) in [4.78, 5) is 64.9. The predicted octanol–water partition coefficient (Wildman–Crippen LogP) is 5.67. The van der Waals surface area contributed by atoms with Crippen LogP contribution in [-0.2, 0) is 4.74 Å². The summed E-state index contributed by atoms with van der Waals surface area (Å²) in [6.45, 7) is 5.05. The average Bonchev–Trinajstić information content (AvgIpc) is 3.22. The van der Waals surface area contributed by atoms with Crippen molar-refractivity contribution in [2.24, 2.45) is 0 Å². The number of Topliss-reactive ketones (excluding diaryl/α,β-unsaturated/α-hetero) is 1.